The molecule has 2 heterocycles. The Labute approximate surface area is 224 Å². The molecule has 2 fully saturated rings. The molecule has 196 valence electrons. The van der Waals surface area contributed by atoms with Crippen molar-refractivity contribution in [2.45, 2.75) is 50.2 Å². The Balaban J connectivity index is 1.20. The average Bonchev–Trinajstić information content (AvgIpc) is 2.87. The smallest absolute Gasteiger partial charge is 0.308 e. The Hall–Kier alpha value is -2.55. The van der Waals surface area contributed by atoms with Crippen molar-refractivity contribution in [1.82, 2.24) is 9.88 Å². The molecule has 0 unspecified atom stereocenters. The van der Waals surface area contributed by atoms with Crippen molar-refractivity contribution in [2.24, 2.45) is 11.8 Å². The van der Waals surface area contributed by atoms with Crippen molar-refractivity contribution in [3.05, 3.63) is 70.1 Å². The highest BCUT2D eigenvalue weighted by Crippen LogP contribution is 2.44. The molecule has 2 aromatic carbocycles. The van der Waals surface area contributed by atoms with Crippen molar-refractivity contribution < 1.29 is 24.1 Å². The first-order valence-corrected chi connectivity index (χ1v) is 13.7. The standard InChI is InChI=1S/C29H32BrFN2O4/c1-37-21-4-6-27-24(15-21)22(8-10-32-27)28(34)7-2-17-9-11-33(16-25(17)29(35)36)20-12-18(13-20)23-14-19(30)3-5-26(23)31/h3-6,8,10,14-15,17-18,20,25,28,34H,2,7,9,11-13,16H2,1H3,(H,35,36)/t17-,18?,20?,25+,28+/m1/s1. The lowest BCUT2D eigenvalue weighted by atomic mass is 9.73. The molecule has 0 amide bonds. The van der Waals surface area contributed by atoms with Gasteiger partial charge in [-0.2, -0.15) is 0 Å². The number of carboxylic acid groups (broad SMARTS) is 1. The summed E-state index contributed by atoms with van der Waals surface area (Å²) in [4.78, 5) is 18.9. The van der Waals surface area contributed by atoms with Crippen molar-refractivity contribution in [3.8, 4) is 5.75 Å². The molecule has 3 atom stereocenters. The molecule has 0 radical (unpaired) electrons. The minimum Gasteiger partial charge on any atom is -0.497 e. The van der Waals surface area contributed by atoms with Crippen LogP contribution in [0.4, 0.5) is 4.39 Å². The number of halogens is 2. The van der Waals surface area contributed by atoms with Gasteiger partial charge in [0.1, 0.15) is 11.6 Å². The van der Waals surface area contributed by atoms with Crippen LogP contribution in [0.2, 0.25) is 0 Å². The maximum absolute atomic E-state index is 14.3. The number of hydrogen-bond acceptors (Lipinski definition) is 5. The number of likely N-dealkylation sites (tertiary alicyclic amines) is 1. The predicted octanol–water partition coefficient (Wildman–Crippen LogP) is 5.93. The fourth-order valence-electron chi connectivity index (χ4n) is 6.04. The zero-order valence-corrected chi connectivity index (χ0v) is 22.4. The number of benzene rings is 2. The van der Waals surface area contributed by atoms with Crippen LogP contribution in [0.25, 0.3) is 10.9 Å². The second-order valence-corrected chi connectivity index (χ2v) is 11.3. The summed E-state index contributed by atoms with van der Waals surface area (Å²) >= 11 is 3.43. The Kier molecular flexibility index (Phi) is 7.79. The zero-order valence-electron chi connectivity index (χ0n) is 20.8. The molecule has 1 saturated heterocycles. The summed E-state index contributed by atoms with van der Waals surface area (Å²) in [7, 11) is 1.61. The second-order valence-electron chi connectivity index (χ2n) is 10.4. The maximum atomic E-state index is 14.3. The lowest BCUT2D eigenvalue weighted by Crippen LogP contribution is -2.52. The van der Waals surface area contributed by atoms with Crippen molar-refractivity contribution in [2.75, 3.05) is 20.2 Å². The molecule has 2 N–H and O–H groups in total. The molecule has 1 aliphatic carbocycles. The maximum Gasteiger partial charge on any atom is 0.308 e. The van der Waals surface area contributed by atoms with E-state index in [2.05, 4.69) is 25.8 Å². The number of aliphatic hydroxyl groups excluding tert-OH is 1. The first-order chi connectivity index (χ1) is 17.8. The molecule has 1 aromatic heterocycles. The number of ether oxygens (including phenoxy) is 1. The number of aromatic nitrogens is 1. The van der Waals surface area contributed by atoms with Gasteiger partial charge in [0.25, 0.3) is 0 Å². The van der Waals surface area contributed by atoms with Crippen molar-refractivity contribution >= 4 is 32.8 Å². The average molecular weight is 571 g/mol. The van der Waals surface area contributed by atoms with Gasteiger partial charge in [0.15, 0.2) is 0 Å². The number of carbonyl (C=O) groups is 1. The molecule has 0 spiro atoms. The van der Waals surface area contributed by atoms with Gasteiger partial charge in [0, 0.05) is 28.6 Å². The number of aliphatic hydroxyl groups is 1. The summed E-state index contributed by atoms with van der Waals surface area (Å²) in [6, 6.07) is 12.8. The number of piperidine rings is 1. The number of methoxy groups -OCH3 is 1. The van der Waals surface area contributed by atoms with Crippen LogP contribution in [-0.4, -0.2) is 52.3 Å². The molecule has 3 aromatic rings. The molecule has 5 rings (SSSR count). The molecular formula is C29H32BrFN2O4. The van der Waals surface area contributed by atoms with Gasteiger partial charge in [-0.25, -0.2) is 4.39 Å². The summed E-state index contributed by atoms with van der Waals surface area (Å²) in [6.07, 6.45) is 4.58. The monoisotopic (exact) mass is 570 g/mol. The largest absolute Gasteiger partial charge is 0.497 e. The molecule has 2 aliphatic rings. The van der Waals surface area contributed by atoms with Crippen molar-refractivity contribution in [3.63, 3.8) is 0 Å². The number of fused-ring (bicyclic) bond motifs is 1. The Morgan fingerprint density at radius 2 is 2.05 bits per heavy atom. The van der Waals surface area contributed by atoms with Gasteiger partial charge in [-0.15, -0.1) is 0 Å². The third-order valence-corrected chi connectivity index (χ3v) is 8.78. The topological polar surface area (TPSA) is 82.9 Å². The van der Waals surface area contributed by atoms with Gasteiger partial charge in [-0.3, -0.25) is 14.7 Å². The fourth-order valence-corrected chi connectivity index (χ4v) is 6.42. The first-order valence-electron chi connectivity index (χ1n) is 12.9. The Morgan fingerprint density at radius 1 is 1.24 bits per heavy atom. The van der Waals surface area contributed by atoms with E-state index in [1.807, 2.05) is 30.3 Å². The van der Waals surface area contributed by atoms with Gasteiger partial charge < -0.3 is 14.9 Å². The normalized spacial score (nSPS) is 25.0. The van der Waals surface area contributed by atoms with E-state index in [4.69, 9.17) is 4.74 Å². The number of nitrogens with zero attached hydrogens (tertiary/aromatic N) is 2. The van der Waals surface area contributed by atoms with Crippen LogP contribution >= 0.6 is 15.9 Å². The summed E-state index contributed by atoms with van der Waals surface area (Å²) in [5.41, 5.74) is 2.31. The van der Waals surface area contributed by atoms with E-state index in [0.717, 1.165) is 52.3 Å². The van der Waals surface area contributed by atoms with Gasteiger partial charge in [-0.1, -0.05) is 15.9 Å². The van der Waals surface area contributed by atoms with E-state index >= 15 is 0 Å². The lowest BCUT2D eigenvalue weighted by molar-refractivity contribution is -0.147. The number of hydrogen-bond donors (Lipinski definition) is 2. The summed E-state index contributed by atoms with van der Waals surface area (Å²) in [6.45, 7) is 1.34. The van der Waals surface area contributed by atoms with Crippen LogP contribution < -0.4 is 4.74 Å². The zero-order chi connectivity index (χ0) is 26.1. The highest BCUT2D eigenvalue weighted by Gasteiger charge is 2.41. The van der Waals surface area contributed by atoms with E-state index < -0.39 is 18.0 Å². The number of pyridine rings is 1. The van der Waals surface area contributed by atoms with Crippen LogP contribution in [0.15, 0.2) is 53.1 Å². The lowest BCUT2D eigenvalue weighted by Gasteiger charge is -2.47. The Morgan fingerprint density at radius 3 is 2.81 bits per heavy atom. The van der Waals surface area contributed by atoms with Crippen LogP contribution in [-0.2, 0) is 4.79 Å². The highest BCUT2D eigenvalue weighted by molar-refractivity contribution is 9.10. The number of carboxylic acids is 1. The predicted molar refractivity (Wildman–Crippen MR) is 143 cm³/mol. The van der Waals surface area contributed by atoms with E-state index in [1.165, 1.54) is 6.07 Å². The SMILES string of the molecule is COc1ccc2nccc([C@@H](O)CC[C@@H]3CCN(C4CC(c5cc(Br)ccc5F)C4)C[C@@H]3C(=O)O)c2c1. The van der Waals surface area contributed by atoms with Crippen LogP contribution in [0.5, 0.6) is 5.75 Å². The van der Waals surface area contributed by atoms with Gasteiger partial charge in [0.05, 0.1) is 24.6 Å². The second kappa shape index (κ2) is 11.1. The molecule has 37 heavy (non-hydrogen) atoms. The molecule has 6 nitrogen and oxygen atoms in total. The quantitative estimate of drug-likeness (QED) is 0.349. The van der Waals surface area contributed by atoms with E-state index in [0.29, 0.717) is 25.1 Å². The van der Waals surface area contributed by atoms with Crippen LogP contribution in [0.3, 0.4) is 0 Å². The van der Waals surface area contributed by atoms with Crippen LogP contribution in [0.1, 0.15) is 55.3 Å². The number of rotatable bonds is 8. The molecule has 1 saturated carbocycles. The minimum atomic E-state index is -0.780. The molecule has 8 heteroatoms. The molecule has 0 bridgehead atoms. The fraction of sp³-hybridized carbons (Fsp3) is 0.448. The van der Waals surface area contributed by atoms with Crippen LogP contribution in [0, 0.1) is 17.7 Å². The Bertz CT molecular complexity index is 1280. The third-order valence-electron chi connectivity index (χ3n) is 8.28. The van der Waals surface area contributed by atoms with Gasteiger partial charge in [-0.05, 0) is 104 Å². The molecular weight excluding hydrogens is 539 g/mol. The summed E-state index contributed by atoms with van der Waals surface area (Å²) in [5.74, 6) is -0.549. The number of aliphatic carboxylic acids is 1. The summed E-state index contributed by atoms with van der Waals surface area (Å²) in [5, 5.41) is 21.9. The van der Waals surface area contributed by atoms with E-state index in [1.54, 1.807) is 19.4 Å². The van der Waals surface area contributed by atoms with Gasteiger partial charge >= 0.3 is 5.97 Å². The first kappa shape index (κ1) is 26.1. The summed E-state index contributed by atoms with van der Waals surface area (Å²) < 4.78 is 20.5. The molecule has 1 aliphatic heterocycles. The van der Waals surface area contributed by atoms with Crippen molar-refractivity contribution in [1.29, 1.82) is 0 Å². The third kappa shape index (κ3) is 5.52. The van der Waals surface area contributed by atoms with Gasteiger partial charge in [0.2, 0.25) is 0 Å². The van der Waals surface area contributed by atoms with E-state index in [9.17, 15) is 19.4 Å². The minimum absolute atomic E-state index is 0.00411. The highest BCUT2D eigenvalue weighted by atomic mass is 79.9. The van der Waals surface area contributed by atoms with E-state index in [-0.39, 0.29) is 23.7 Å².